The fourth-order valence-electron chi connectivity index (χ4n) is 2.78. The smallest absolute Gasteiger partial charge is 0.315 e. The highest BCUT2D eigenvalue weighted by molar-refractivity contribution is 5.74. The quantitative estimate of drug-likeness (QED) is 0.874. The molecule has 0 fully saturated rings. The van der Waals surface area contributed by atoms with Crippen molar-refractivity contribution in [1.82, 2.24) is 10.6 Å². The van der Waals surface area contributed by atoms with E-state index in [0.29, 0.717) is 6.54 Å². The van der Waals surface area contributed by atoms with Crippen LogP contribution in [0.3, 0.4) is 0 Å². The number of hydrogen-bond donors (Lipinski definition) is 2. The van der Waals surface area contributed by atoms with Crippen molar-refractivity contribution in [2.24, 2.45) is 0 Å². The van der Waals surface area contributed by atoms with Crippen LogP contribution in [0.4, 0.5) is 4.79 Å². The Morgan fingerprint density at radius 3 is 2.60 bits per heavy atom. The molecule has 1 heterocycles. The molecule has 0 aliphatic carbocycles. The van der Waals surface area contributed by atoms with Crippen molar-refractivity contribution in [3.63, 3.8) is 0 Å². The highest BCUT2D eigenvalue weighted by Crippen LogP contribution is 2.32. The fraction of sp³-hybridized carbons (Fsp3) is 0.350. The fourth-order valence-corrected chi connectivity index (χ4v) is 2.78. The summed E-state index contributed by atoms with van der Waals surface area (Å²) in [7, 11) is 0. The highest BCUT2D eigenvalue weighted by Gasteiger charge is 2.28. The number of ether oxygens (including phenoxy) is 2. The Morgan fingerprint density at radius 2 is 1.84 bits per heavy atom. The van der Waals surface area contributed by atoms with Crippen molar-refractivity contribution in [3.8, 4) is 11.5 Å². The summed E-state index contributed by atoms with van der Waals surface area (Å²) in [5, 5.41) is 5.93. The van der Waals surface area contributed by atoms with Crippen LogP contribution in [0.1, 0.15) is 31.9 Å². The van der Waals surface area contributed by atoms with Crippen molar-refractivity contribution in [3.05, 3.63) is 59.7 Å². The maximum absolute atomic E-state index is 12.3. The third kappa shape index (κ3) is 3.87. The van der Waals surface area contributed by atoms with Gasteiger partial charge in [0.05, 0.1) is 0 Å². The molecule has 0 radical (unpaired) electrons. The van der Waals surface area contributed by atoms with Crippen LogP contribution in [0, 0.1) is 0 Å². The lowest BCUT2D eigenvalue weighted by Gasteiger charge is -2.33. The Morgan fingerprint density at radius 1 is 1.12 bits per heavy atom. The Hall–Kier alpha value is -2.69. The van der Waals surface area contributed by atoms with E-state index in [2.05, 4.69) is 36.6 Å². The molecule has 1 unspecified atom stereocenters. The molecule has 0 bridgehead atoms. The molecular weight excluding hydrogens is 316 g/mol. The van der Waals surface area contributed by atoms with Crippen molar-refractivity contribution in [1.29, 1.82) is 0 Å². The van der Waals surface area contributed by atoms with E-state index in [1.807, 2.05) is 43.3 Å². The van der Waals surface area contributed by atoms with E-state index in [-0.39, 0.29) is 24.3 Å². The number of carbonyl (C=O) groups excluding carboxylic acids is 1. The Labute approximate surface area is 148 Å². The SMILES string of the molecule is CC(NC(=O)NCc1ccc2c(c1)OCO2)C(C)(C)c1ccccc1. The lowest BCUT2D eigenvalue weighted by atomic mass is 9.78. The Kier molecular flexibility index (Phi) is 4.83. The maximum atomic E-state index is 12.3. The molecule has 0 saturated carbocycles. The van der Waals surface area contributed by atoms with Gasteiger partial charge >= 0.3 is 6.03 Å². The van der Waals surface area contributed by atoms with Crippen LogP contribution in [-0.2, 0) is 12.0 Å². The van der Waals surface area contributed by atoms with E-state index in [1.54, 1.807) is 0 Å². The first-order valence-corrected chi connectivity index (χ1v) is 8.45. The molecule has 2 aromatic carbocycles. The first-order valence-electron chi connectivity index (χ1n) is 8.45. The zero-order valence-electron chi connectivity index (χ0n) is 14.8. The van der Waals surface area contributed by atoms with Crippen LogP contribution < -0.4 is 20.1 Å². The number of fused-ring (bicyclic) bond motifs is 1. The minimum Gasteiger partial charge on any atom is -0.454 e. The van der Waals surface area contributed by atoms with Gasteiger partial charge in [0, 0.05) is 18.0 Å². The largest absolute Gasteiger partial charge is 0.454 e. The molecule has 132 valence electrons. The first kappa shape index (κ1) is 17.1. The predicted octanol–water partition coefficient (Wildman–Crippen LogP) is 3.58. The van der Waals surface area contributed by atoms with Crippen molar-refractivity contribution in [2.75, 3.05) is 6.79 Å². The molecule has 1 aliphatic rings. The average Bonchev–Trinajstić information content (AvgIpc) is 3.08. The van der Waals surface area contributed by atoms with Crippen LogP contribution in [0.5, 0.6) is 11.5 Å². The lowest BCUT2D eigenvalue weighted by molar-refractivity contribution is 0.174. The van der Waals surface area contributed by atoms with Crippen LogP contribution in [-0.4, -0.2) is 18.9 Å². The number of hydrogen-bond acceptors (Lipinski definition) is 3. The number of nitrogens with one attached hydrogen (secondary N) is 2. The van der Waals surface area contributed by atoms with Gasteiger partial charge in [-0.15, -0.1) is 0 Å². The van der Waals surface area contributed by atoms with Gasteiger partial charge in [-0.3, -0.25) is 0 Å². The molecule has 5 heteroatoms. The zero-order valence-corrected chi connectivity index (χ0v) is 14.8. The summed E-state index contributed by atoms with van der Waals surface area (Å²) in [6, 6.07) is 15.7. The van der Waals surface area contributed by atoms with Crippen LogP contribution >= 0.6 is 0 Å². The highest BCUT2D eigenvalue weighted by atomic mass is 16.7. The van der Waals surface area contributed by atoms with Crippen LogP contribution in [0.15, 0.2) is 48.5 Å². The number of benzene rings is 2. The monoisotopic (exact) mass is 340 g/mol. The lowest BCUT2D eigenvalue weighted by Crippen LogP contribution is -2.49. The van der Waals surface area contributed by atoms with Crippen LogP contribution in [0.25, 0.3) is 0 Å². The summed E-state index contributed by atoms with van der Waals surface area (Å²) in [6.07, 6.45) is 0. The van der Waals surface area contributed by atoms with Crippen molar-refractivity contribution >= 4 is 6.03 Å². The molecular formula is C20H24N2O3. The molecule has 2 amide bonds. The molecule has 0 saturated heterocycles. The third-order valence-electron chi connectivity index (χ3n) is 4.84. The predicted molar refractivity (Wildman–Crippen MR) is 96.9 cm³/mol. The van der Waals surface area contributed by atoms with Gasteiger partial charge in [-0.05, 0) is 30.2 Å². The number of rotatable bonds is 5. The molecule has 2 N–H and O–H groups in total. The van der Waals surface area contributed by atoms with Gasteiger partial charge in [0.1, 0.15) is 0 Å². The summed E-state index contributed by atoms with van der Waals surface area (Å²) < 4.78 is 10.6. The minimum atomic E-state index is -0.186. The number of carbonyl (C=O) groups is 1. The minimum absolute atomic E-state index is 0.0216. The van der Waals surface area contributed by atoms with Gasteiger partial charge in [0.15, 0.2) is 11.5 Å². The Bertz CT molecular complexity index is 744. The van der Waals surface area contributed by atoms with E-state index >= 15 is 0 Å². The van der Waals surface area contributed by atoms with Gasteiger partial charge in [-0.25, -0.2) is 4.79 Å². The number of urea groups is 1. The maximum Gasteiger partial charge on any atom is 0.315 e. The molecule has 25 heavy (non-hydrogen) atoms. The second kappa shape index (κ2) is 7.05. The molecule has 1 atom stereocenters. The van der Waals surface area contributed by atoms with E-state index in [4.69, 9.17) is 9.47 Å². The number of amides is 2. The average molecular weight is 340 g/mol. The van der Waals surface area contributed by atoms with E-state index < -0.39 is 0 Å². The van der Waals surface area contributed by atoms with Gasteiger partial charge in [-0.1, -0.05) is 50.2 Å². The molecule has 3 rings (SSSR count). The summed E-state index contributed by atoms with van der Waals surface area (Å²) in [4.78, 5) is 12.3. The van der Waals surface area contributed by atoms with Gasteiger partial charge in [0.25, 0.3) is 0 Å². The van der Waals surface area contributed by atoms with Gasteiger partial charge < -0.3 is 20.1 Å². The topological polar surface area (TPSA) is 59.6 Å². The first-order chi connectivity index (χ1) is 12.0. The summed E-state index contributed by atoms with van der Waals surface area (Å²) in [5.41, 5.74) is 1.99. The van der Waals surface area contributed by atoms with Crippen LogP contribution in [0.2, 0.25) is 0 Å². The molecule has 2 aromatic rings. The van der Waals surface area contributed by atoms with E-state index in [9.17, 15) is 4.79 Å². The molecule has 0 aromatic heterocycles. The summed E-state index contributed by atoms with van der Waals surface area (Å²) >= 11 is 0. The van der Waals surface area contributed by atoms with E-state index in [1.165, 1.54) is 5.56 Å². The molecule has 5 nitrogen and oxygen atoms in total. The molecule has 1 aliphatic heterocycles. The van der Waals surface area contributed by atoms with Gasteiger partial charge in [0.2, 0.25) is 6.79 Å². The van der Waals surface area contributed by atoms with Crippen molar-refractivity contribution in [2.45, 2.75) is 38.8 Å². The standard InChI is InChI=1S/C20H24N2O3/c1-14(20(2,3)16-7-5-4-6-8-16)22-19(23)21-12-15-9-10-17-18(11-15)25-13-24-17/h4-11,14H,12-13H2,1-3H3,(H2,21,22,23). The Balaban J connectivity index is 1.55. The molecule has 0 spiro atoms. The summed E-state index contributed by atoms with van der Waals surface area (Å²) in [6.45, 7) is 6.96. The zero-order chi connectivity index (χ0) is 17.9. The van der Waals surface area contributed by atoms with Crippen molar-refractivity contribution < 1.29 is 14.3 Å². The second-order valence-corrected chi connectivity index (χ2v) is 6.82. The third-order valence-corrected chi connectivity index (χ3v) is 4.84. The normalized spacial score (nSPS) is 14.0. The second-order valence-electron chi connectivity index (χ2n) is 6.82. The van der Waals surface area contributed by atoms with Gasteiger partial charge in [-0.2, -0.15) is 0 Å². The van der Waals surface area contributed by atoms with E-state index in [0.717, 1.165) is 17.1 Å². The summed E-state index contributed by atoms with van der Waals surface area (Å²) in [5.74, 6) is 1.46.